The zero-order chi connectivity index (χ0) is 49.1. The Kier molecular flexibility index (Phi) is 24.0. The zero-order valence-electron chi connectivity index (χ0n) is 37.6. The van der Waals surface area contributed by atoms with Crippen LogP contribution in [0.15, 0.2) is 24.8 Å². The largest absolute Gasteiger partial charge is 0.481 e. The number of phosphoric ester groups is 3. The van der Waals surface area contributed by atoms with Gasteiger partial charge < -0.3 is 50.9 Å². The van der Waals surface area contributed by atoms with Crippen molar-refractivity contribution in [2.75, 3.05) is 37.8 Å². The molecule has 28 heteroatoms. The van der Waals surface area contributed by atoms with E-state index in [1.54, 1.807) is 6.08 Å². The second-order valence-corrected chi connectivity index (χ2v) is 22.1. The summed E-state index contributed by atoms with van der Waals surface area (Å²) in [7, 11) is -16.4. The molecular weight excluding hydrogens is 951 g/mol. The van der Waals surface area contributed by atoms with Crippen LogP contribution in [0.25, 0.3) is 11.2 Å². The third-order valence-corrected chi connectivity index (χ3v) is 14.1. The molecule has 0 spiro atoms. The summed E-state index contributed by atoms with van der Waals surface area (Å²) in [5, 5.41) is 26.4. The summed E-state index contributed by atoms with van der Waals surface area (Å²) in [6.07, 6.45) is 9.81. The van der Waals surface area contributed by atoms with E-state index in [2.05, 4.69) is 48.3 Å². The van der Waals surface area contributed by atoms with Crippen LogP contribution in [-0.4, -0.2) is 123 Å². The third-order valence-electron chi connectivity index (χ3n) is 10.2. The number of unbranched alkanes of at least 4 members (excludes halogenated alkanes) is 9. The second-order valence-electron chi connectivity index (χ2n) is 16.8. The van der Waals surface area contributed by atoms with Gasteiger partial charge >= 0.3 is 23.5 Å². The maximum Gasteiger partial charge on any atom is 0.481 e. The van der Waals surface area contributed by atoms with Gasteiger partial charge in [0, 0.05) is 30.7 Å². The van der Waals surface area contributed by atoms with Crippen LogP contribution in [0, 0.1) is 11.3 Å². The number of aliphatic hydroxyl groups is 2. The first-order valence-corrected chi connectivity index (χ1v) is 27.1. The molecule has 7 atom stereocenters. The van der Waals surface area contributed by atoms with Gasteiger partial charge in [-0.15, -0.1) is 0 Å². The van der Waals surface area contributed by atoms with Crippen molar-refractivity contribution in [3.63, 3.8) is 0 Å². The number of aliphatic hydroxyl groups excluding tert-OH is 2. The van der Waals surface area contributed by atoms with Crippen molar-refractivity contribution in [1.82, 2.24) is 30.2 Å². The minimum absolute atomic E-state index is 0.0321. The SMILES string of the molecule is CC(C)CCCCCCCCCCC/C=C/C(=O)SCCNC(=O)CCNC(=O)[C@@H](O)C(C)(C)COP(=O)(O)OP(=O)(O)OC[C@@H]1O[C@H](n2cnc3c(N)ncnc32)[C@@H](O)[C@H]1OP(=O)(O)O. The van der Waals surface area contributed by atoms with Gasteiger partial charge in [-0.05, 0) is 24.8 Å². The maximum atomic E-state index is 12.7. The molecule has 376 valence electrons. The number of anilines is 1. The van der Waals surface area contributed by atoms with Crippen LogP contribution >= 0.6 is 35.2 Å². The molecule has 2 unspecified atom stereocenters. The highest BCUT2D eigenvalue weighted by Crippen LogP contribution is 2.61. The van der Waals surface area contributed by atoms with Gasteiger partial charge in [-0.1, -0.05) is 103 Å². The molecule has 1 aliphatic heterocycles. The van der Waals surface area contributed by atoms with Crippen LogP contribution in [-0.2, 0) is 50.7 Å². The minimum atomic E-state index is -5.58. The molecule has 10 N–H and O–H groups in total. The number of nitrogens with one attached hydrogen (secondary N) is 2. The van der Waals surface area contributed by atoms with E-state index in [9.17, 15) is 57.9 Å². The van der Waals surface area contributed by atoms with Gasteiger partial charge in [0.1, 0.15) is 36.3 Å². The molecule has 0 radical (unpaired) electrons. The summed E-state index contributed by atoms with van der Waals surface area (Å²) < 4.78 is 62.4. The molecule has 1 fully saturated rings. The number of allylic oxidation sites excluding steroid dienone is 1. The number of hydrogen-bond acceptors (Lipinski definition) is 18. The number of rotatable bonds is 32. The Bertz CT molecular complexity index is 2040. The second kappa shape index (κ2) is 27.5. The van der Waals surface area contributed by atoms with E-state index in [-0.39, 0.29) is 41.6 Å². The normalized spacial score (nSPS) is 20.4. The molecule has 0 bridgehead atoms. The Morgan fingerprint density at radius 1 is 0.939 bits per heavy atom. The van der Waals surface area contributed by atoms with Crippen LogP contribution in [0.1, 0.15) is 111 Å². The first-order chi connectivity index (χ1) is 30.9. The summed E-state index contributed by atoms with van der Waals surface area (Å²) in [5.74, 6) is -0.316. The minimum Gasteiger partial charge on any atom is -0.386 e. The number of amides is 2. The first kappa shape index (κ1) is 57.6. The van der Waals surface area contributed by atoms with E-state index >= 15 is 0 Å². The van der Waals surface area contributed by atoms with Crippen molar-refractivity contribution in [1.29, 1.82) is 0 Å². The lowest BCUT2D eigenvalue weighted by atomic mass is 9.87. The van der Waals surface area contributed by atoms with Crippen LogP contribution in [0.2, 0.25) is 0 Å². The van der Waals surface area contributed by atoms with Crippen molar-refractivity contribution in [3.05, 3.63) is 24.8 Å². The Labute approximate surface area is 388 Å². The number of fused-ring (bicyclic) bond motifs is 1. The fourth-order valence-corrected chi connectivity index (χ4v) is 9.99. The molecule has 0 aliphatic carbocycles. The molecule has 1 saturated heterocycles. The lowest BCUT2D eigenvalue weighted by Gasteiger charge is -2.30. The summed E-state index contributed by atoms with van der Waals surface area (Å²) in [5.41, 5.74) is 4.28. The van der Waals surface area contributed by atoms with Gasteiger partial charge in [-0.2, -0.15) is 4.31 Å². The van der Waals surface area contributed by atoms with E-state index in [0.717, 1.165) is 54.2 Å². The Morgan fingerprint density at radius 3 is 2.23 bits per heavy atom. The van der Waals surface area contributed by atoms with Gasteiger partial charge in [0.05, 0.1) is 19.5 Å². The fourth-order valence-electron chi connectivity index (χ4n) is 6.56. The van der Waals surface area contributed by atoms with Gasteiger partial charge in [0.15, 0.2) is 17.7 Å². The summed E-state index contributed by atoms with van der Waals surface area (Å²) in [6, 6.07) is 0. The number of imidazole rings is 1. The summed E-state index contributed by atoms with van der Waals surface area (Å²) in [6.45, 7) is 5.04. The van der Waals surface area contributed by atoms with E-state index < -0.39 is 84.6 Å². The van der Waals surface area contributed by atoms with E-state index in [1.165, 1.54) is 65.2 Å². The predicted octanol–water partition coefficient (Wildman–Crippen LogP) is 4.17. The number of nitrogens with two attached hydrogens (primary N) is 1. The molecule has 1 aliphatic rings. The molecule has 0 saturated carbocycles. The zero-order valence-corrected chi connectivity index (χ0v) is 41.1. The topological polar surface area (TPSA) is 364 Å². The lowest BCUT2D eigenvalue weighted by molar-refractivity contribution is -0.137. The molecule has 2 aromatic heterocycles. The average Bonchev–Trinajstić information content (AvgIpc) is 3.79. The number of carbonyl (C=O) groups excluding carboxylic acids is 3. The maximum absolute atomic E-state index is 12.7. The molecule has 2 amide bonds. The quantitative estimate of drug-likeness (QED) is 0.0282. The number of nitrogen functional groups attached to an aromatic ring is 1. The molecule has 3 rings (SSSR count). The molecular formula is C38H66N7O17P3S. The molecule has 3 heterocycles. The molecule has 0 aromatic carbocycles. The average molecular weight is 1020 g/mol. The van der Waals surface area contributed by atoms with Gasteiger partial charge in [-0.3, -0.25) is 32.5 Å². The van der Waals surface area contributed by atoms with Crippen molar-refractivity contribution in [3.8, 4) is 0 Å². The van der Waals surface area contributed by atoms with Crippen LogP contribution in [0.4, 0.5) is 5.82 Å². The van der Waals surface area contributed by atoms with E-state index in [0.29, 0.717) is 5.75 Å². The van der Waals surface area contributed by atoms with Crippen LogP contribution in [0.3, 0.4) is 0 Å². The van der Waals surface area contributed by atoms with Crippen molar-refractivity contribution >= 4 is 69.1 Å². The van der Waals surface area contributed by atoms with Crippen LogP contribution < -0.4 is 16.4 Å². The van der Waals surface area contributed by atoms with Crippen LogP contribution in [0.5, 0.6) is 0 Å². The number of aromatic nitrogens is 4. The van der Waals surface area contributed by atoms with E-state index in [1.807, 2.05) is 6.08 Å². The van der Waals surface area contributed by atoms with Gasteiger partial charge in [0.25, 0.3) is 0 Å². The number of thioether (sulfide) groups is 1. The fraction of sp³-hybridized carbons (Fsp3) is 0.737. The summed E-state index contributed by atoms with van der Waals surface area (Å²) >= 11 is 1.07. The van der Waals surface area contributed by atoms with E-state index in [4.69, 9.17) is 19.5 Å². The molecule has 66 heavy (non-hydrogen) atoms. The predicted molar refractivity (Wildman–Crippen MR) is 242 cm³/mol. The number of phosphoric acid groups is 3. The Balaban J connectivity index is 1.33. The smallest absolute Gasteiger partial charge is 0.386 e. The third kappa shape index (κ3) is 20.9. The van der Waals surface area contributed by atoms with Gasteiger partial charge in [-0.25, -0.2) is 28.6 Å². The highest BCUT2D eigenvalue weighted by atomic mass is 32.2. The number of hydrogen-bond donors (Lipinski definition) is 9. The van der Waals surface area contributed by atoms with Gasteiger partial charge in [0.2, 0.25) is 16.9 Å². The monoisotopic (exact) mass is 1020 g/mol. The Hall–Kier alpha value is -2.70. The van der Waals surface area contributed by atoms with Crippen molar-refractivity contribution in [2.24, 2.45) is 11.3 Å². The first-order valence-electron chi connectivity index (χ1n) is 21.6. The number of ether oxygens (including phenoxy) is 1. The number of carbonyl (C=O) groups is 3. The highest BCUT2D eigenvalue weighted by molar-refractivity contribution is 8.14. The standard InChI is InChI=1S/C38H66N7O17P3S/c1-26(2)16-14-12-10-8-6-5-7-9-11-13-15-17-29(47)66-21-20-40-28(46)18-19-41-36(50)33(49)38(3,4)23-59-65(56,57)62-64(54,55)58-22-27-32(61-63(51,52)53)31(48)37(60-27)45-25-44-30-34(39)42-24-43-35(30)45/h15,17,24-27,31-33,37,48-49H,5-14,16,18-23H2,1-4H3,(H,40,46)(H,41,50)(H,54,55)(H,56,57)(H2,39,42,43)(H2,51,52,53)/b17-15+/t27-,31-,32-,33+,37-/m0/s1. The lowest BCUT2D eigenvalue weighted by Crippen LogP contribution is -2.46. The molecule has 24 nitrogen and oxygen atoms in total. The Morgan fingerprint density at radius 2 is 1.58 bits per heavy atom. The highest BCUT2D eigenvalue weighted by Gasteiger charge is 2.50. The summed E-state index contributed by atoms with van der Waals surface area (Å²) in [4.78, 5) is 88.2. The molecule has 2 aromatic rings. The van der Waals surface area contributed by atoms with Crippen molar-refractivity contribution < 1.29 is 80.5 Å². The van der Waals surface area contributed by atoms with Crippen molar-refractivity contribution in [2.45, 2.75) is 135 Å². The number of nitrogens with zero attached hydrogens (tertiary/aromatic N) is 4.